The Kier molecular flexibility index (Phi) is 5.57. The molecule has 1 atom stereocenters. The minimum absolute atomic E-state index is 0.418. The molecule has 4 nitrogen and oxygen atoms in total. The molecule has 21 heavy (non-hydrogen) atoms. The second-order valence-corrected chi connectivity index (χ2v) is 8.57. The van der Waals surface area contributed by atoms with Crippen molar-refractivity contribution in [2.45, 2.75) is 43.8 Å². The van der Waals surface area contributed by atoms with Crippen LogP contribution >= 0.6 is 11.8 Å². The van der Waals surface area contributed by atoms with Gasteiger partial charge in [-0.25, -0.2) is 13.1 Å². The standard InChI is InChI=1S/C15H24N2O2S2/c1-4-16-13-8-11(2)15(12(3)9-13)21(18,19)17-10-14-6-5-7-20-14/h8-9,14,16-17H,4-7,10H2,1-3H3. The highest BCUT2D eigenvalue weighted by atomic mass is 32.2. The highest BCUT2D eigenvalue weighted by Crippen LogP contribution is 2.27. The molecule has 2 N–H and O–H groups in total. The summed E-state index contributed by atoms with van der Waals surface area (Å²) in [7, 11) is -3.43. The lowest BCUT2D eigenvalue weighted by atomic mass is 10.1. The van der Waals surface area contributed by atoms with E-state index in [0.717, 1.165) is 35.5 Å². The highest BCUT2D eigenvalue weighted by Gasteiger charge is 2.23. The van der Waals surface area contributed by atoms with Crippen molar-refractivity contribution in [2.75, 3.05) is 24.2 Å². The van der Waals surface area contributed by atoms with E-state index in [9.17, 15) is 8.42 Å². The average Bonchev–Trinajstić information content (AvgIpc) is 2.88. The van der Waals surface area contributed by atoms with Crippen LogP contribution in [0.1, 0.15) is 30.9 Å². The Morgan fingerprint density at radius 3 is 2.48 bits per heavy atom. The van der Waals surface area contributed by atoms with Crippen molar-refractivity contribution in [2.24, 2.45) is 0 Å². The minimum Gasteiger partial charge on any atom is -0.385 e. The van der Waals surface area contributed by atoms with Crippen LogP contribution < -0.4 is 10.0 Å². The lowest BCUT2D eigenvalue weighted by molar-refractivity contribution is 0.578. The zero-order chi connectivity index (χ0) is 15.5. The Hall–Kier alpha value is -0.720. The number of rotatable bonds is 6. The first kappa shape index (κ1) is 16.6. The van der Waals surface area contributed by atoms with Crippen molar-refractivity contribution < 1.29 is 8.42 Å². The van der Waals surface area contributed by atoms with Crippen LogP contribution in [0.15, 0.2) is 17.0 Å². The van der Waals surface area contributed by atoms with E-state index >= 15 is 0 Å². The molecule has 0 amide bonds. The summed E-state index contributed by atoms with van der Waals surface area (Å²) < 4.78 is 27.9. The number of anilines is 1. The predicted molar refractivity (Wildman–Crippen MR) is 90.7 cm³/mol. The number of nitrogens with one attached hydrogen (secondary N) is 2. The third kappa shape index (κ3) is 4.14. The monoisotopic (exact) mass is 328 g/mol. The first-order valence-corrected chi connectivity index (χ1v) is 9.93. The number of aryl methyl sites for hydroxylation is 2. The van der Waals surface area contributed by atoms with Crippen molar-refractivity contribution in [1.29, 1.82) is 0 Å². The average molecular weight is 329 g/mol. The van der Waals surface area contributed by atoms with E-state index in [1.807, 2.05) is 44.7 Å². The fourth-order valence-electron chi connectivity index (χ4n) is 2.76. The van der Waals surface area contributed by atoms with Gasteiger partial charge in [-0.15, -0.1) is 0 Å². The summed E-state index contributed by atoms with van der Waals surface area (Å²) >= 11 is 1.86. The van der Waals surface area contributed by atoms with Crippen LogP contribution in [0.4, 0.5) is 5.69 Å². The van der Waals surface area contributed by atoms with E-state index in [1.165, 1.54) is 6.42 Å². The molecule has 1 aromatic carbocycles. The summed E-state index contributed by atoms with van der Waals surface area (Å²) in [5.41, 5.74) is 2.55. The lowest BCUT2D eigenvalue weighted by Gasteiger charge is -2.16. The van der Waals surface area contributed by atoms with Gasteiger partial charge in [0.15, 0.2) is 0 Å². The van der Waals surface area contributed by atoms with Gasteiger partial charge >= 0.3 is 0 Å². The van der Waals surface area contributed by atoms with Crippen molar-refractivity contribution in [1.82, 2.24) is 4.72 Å². The zero-order valence-electron chi connectivity index (χ0n) is 12.9. The van der Waals surface area contributed by atoms with Crippen LogP contribution in [-0.2, 0) is 10.0 Å². The number of hydrogen-bond donors (Lipinski definition) is 2. The highest BCUT2D eigenvalue weighted by molar-refractivity contribution is 8.00. The maximum absolute atomic E-state index is 12.6. The summed E-state index contributed by atoms with van der Waals surface area (Å²) in [6.45, 7) is 7.08. The summed E-state index contributed by atoms with van der Waals surface area (Å²) in [6, 6.07) is 3.80. The SMILES string of the molecule is CCNc1cc(C)c(S(=O)(=O)NCC2CCCS2)c(C)c1. The quantitative estimate of drug-likeness (QED) is 0.843. The maximum atomic E-state index is 12.6. The number of thioether (sulfide) groups is 1. The van der Waals surface area contributed by atoms with Crippen LogP contribution in [0, 0.1) is 13.8 Å². The molecule has 0 aliphatic carbocycles. The molecule has 2 rings (SSSR count). The number of sulfonamides is 1. The molecule has 1 saturated heterocycles. The van der Waals surface area contributed by atoms with Crippen molar-refractivity contribution >= 4 is 27.5 Å². The van der Waals surface area contributed by atoms with Crippen LogP contribution in [0.2, 0.25) is 0 Å². The molecule has 6 heteroatoms. The molecule has 0 saturated carbocycles. The Morgan fingerprint density at radius 2 is 1.95 bits per heavy atom. The van der Waals surface area contributed by atoms with E-state index in [-0.39, 0.29) is 0 Å². The lowest BCUT2D eigenvalue weighted by Crippen LogP contribution is -2.30. The summed E-state index contributed by atoms with van der Waals surface area (Å²) in [6.07, 6.45) is 2.29. The molecule has 1 aliphatic rings. The molecule has 118 valence electrons. The van der Waals surface area contributed by atoms with E-state index in [2.05, 4.69) is 10.0 Å². The smallest absolute Gasteiger partial charge is 0.241 e. The molecule has 0 aromatic heterocycles. The predicted octanol–water partition coefficient (Wildman–Crippen LogP) is 2.91. The van der Waals surface area contributed by atoms with Crippen LogP contribution in [0.5, 0.6) is 0 Å². The molecule has 1 aromatic rings. The van der Waals surface area contributed by atoms with Gasteiger partial charge in [-0.1, -0.05) is 0 Å². The molecule has 1 aliphatic heterocycles. The Morgan fingerprint density at radius 1 is 1.29 bits per heavy atom. The van der Waals surface area contributed by atoms with Gasteiger partial charge in [0.2, 0.25) is 10.0 Å². The summed E-state index contributed by atoms with van der Waals surface area (Å²) in [5.74, 6) is 1.14. The van der Waals surface area contributed by atoms with Crippen molar-refractivity contribution in [3.63, 3.8) is 0 Å². The normalized spacial score (nSPS) is 18.9. The second-order valence-electron chi connectivity index (χ2n) is 5.46. The van der Waals surface area contributed by atoms with Crippen molar-refractivity contribution in [3.8, 4) is 0 Å². The van der Waals surface area contributed by atoms with Gasteiger partial charge in [0.25, 0.3) is 0 Å². The van der Waals surface area contributed by atoms with Crippen LogP contribution in [0.25, 0.3) is 0 Å². The third-order valence-electron chi connectivity index (χ3n) is 3.63. The second kappa shape index (κ2) is 7.03. The Balaban J connectivity index is 2.18. The topological polar surface area (TPSA) is 58.2 Å². The summed E-state index contributed by atoms with van der Waals surface area (Å²) in [5, 5.41) is 3.64. The van der Waals surface area contributed by atoms with Gasteiger partial charge in [-0.2, -0.15) is 11.8 Å². The van der Waals surface area contributed by atoms with E-state index in [1.54, 1.807) is 0 Å². The van der Waals surface area contributed by atoms with Gasteiger partial charge in [0.1, 0.15) is 0 Å². The van der Waals surface area contributed by atoms with Crippen LogP contribution in [0.3, 0.4) is 0 Å². The largest absolute Gasteiger partial charge is 0.385 e. The molecule has 1 heterocycles. The summed E-state index contributed by atoms with van der Waals surface area (Å²) in [4.78, 5) is 0.423. The van der Waals surface area contributed by atoms with Gasteiger partial charge in [-0.3, -0.25) is 0 Å². The van der Waals surface area contributed by atoms with Gasteiger partial charge in [0, 0.05) is 24.0 Å². The third-order valence-corrected chi connectivity index (χ3v) is 6.76. The molecule has 0 spiro atoms. The molecule has 1 fully saturated rings. The van der Waals surface area contributed by atoms with E-state index < -0.39 is 10.0 Å². The first-order valence-electron chi connectivity index (χ1n) is 7.40. The Labute approximate surface area is 132 Å². The van der Waals surface area contributed by atoms with Gasteiger partial charge in [0.05, 0.1) is 4.90 Å². The molecular weight excluding hydrogens is 304 g/mol. The molecule has 0 radical (unpaired) electrons. The number of benzene rings is 1. The minimum atomic E-state index is -3.43. The fraction of sp³-hybridized carbons (Fsp3) is 0.600. The molecular formula is C15H24N2O2S2. The molecule has 0 bridgehead atoms. The fourth-order valence-corrected chi connectivity index (χ4v) is 5.60. The van der Waals surface area contributed by atoms with E-state index in [0.29, 0.717) is 16.7 Å². The van der Waals surface area contributed by atoms with E-state index in [4.69, 9.17) is 0 Å². The zero-order valence-corrected chi connectivity index (χ0v) is 14.5. The first-order chi connectivity index (χ1) is 9.94. The van der Waals surface area contributed by atoms with Gasteiger partial charge < -0.3 is 5.32 Å². The van der Waals surface area contributed by atoms with Gasteiger partial charge in [-0.05, 0) is 62.6 Å². The number of hydrogen-bond acceptors (Lipinski definition) is 4. The Bertz CT molecular complexity index is 571. The maximum Gasteiger partial charge on any atom is 0.241 e. The van der Waals surface area contributed by atoms with Crippen LogP contribution in [-0.4, -0.2) is 32.5 Å². The molecule has 1 unspecified atom stereocenters. The van der Waals surface area contributed by atoms with Crippen molar-refractivity contribution in [3.05, 3.63) is 23.3 Å².